The van der Waals surface area contributed by atoms with Crippen LogP contribution in [0.3, 0.4) is 0 Å². The summed E-state index contributed by atoms with van der Waals surface area (Å²) >= 11 is 8.97. The van der Waals surface area contributed by atoms with Gasteiger partial charge in [-0.05, 0) is 66.3 Å². The highest BCUT2D eigenvalue weighted by molar-refractivity contribution is 9.10. The summed E-state index contributed by atoms with van der Waals surface area (Å²) in [7, 11) is -0.572. The van der Waals surface area contributed by atoms with Crippen molar-refractivity contribution in [3.63, 3.8) is 0 Å². The Hall–Kier alpha value is -1.20. The zero-order chi connectivity index (χ0) is 22.8. The molecular weight excluding hydrogens is 491 g/mol. The number of benzene rings is 1. The number of carbonyl (C=O) groups is 2. The molecule has 2 rings (SSSR count). The first-order valence-corrected chi connectivity index (χ1v) is 11.6. The molecule has 1 aliphatic rings. The van der Waals surface area contributed by atoms with E-state index in [0.717, 1.165) is 25.9 Å². The molecule has 0 aromatic heterocycles. The maximum Gasteiger partial charge on any atom is 0.480 e. The monoisotopic (exact) mass is 519 g/mol. The third kappa shape index (κ3) is 8.69. The van der Waals surface area contributed by atoms with Crippen LogP contribution in [0.1, 0.15) is 43.5 Å². The summed E-state index contributed by atoms with van der Waals surface area (Å²) in [6.45, 7) is 6.53. The number of amides is 2. The van der Waals surface area contributed by atoms with Gasteiger partial charge in [0.15, 0.2) is 5.82 Å². The van der Waals surface area contributed by atoms with E-state index in [2.05, 4.69) is 31.9 Å². The lowest BCUT2D eigenvalue weighted by Crippen LogP contribution is -2.52. The largest absolute Gasteiger partial charge is 0.480 e. The van der Waals surface area contributed by atoms with E-state index < -0.39 is 24.7 Å². The molecule has 1 atom stereocenters. The maximum atomic E-state index is 14.2. The summed E-state index contributed by atoms with van der Waals surface area (Å²) in [5, 5.41) is 8.59. The Kier molecular flexibility index (Phi) is 11.2. The molecule has 1 fully saturated rings. The molecule has 3 N–H and O–H groups in total. The summed E-state index contributed by atoms with van der Waals surface area (Å²) in [5.74, 6) is -2.04. The van der Waals surface area contributed by atoms with Crippen LogP contribution >= 0.6 is 27.5 Å². The first-order valence-electron chi connectivity index (χ1n) is 10.4. The molecule has 31 heavy (non-hydrogen) atoms. The van der Waals surface area contributed by atoms with Crippen LogP contribution < -0.4 is 16.0 Å². The summed E-state index contributed by atoms with van der Waals surface area (Å²) in [6, 6.07) is 2.82. The maximum absolute atomic E-state index is 14.2. The van der Waals surface area contributed by atoms with E-state index in [4.69, 9.17) is 20.9 Å². The summed E-state index contributed by atoms with van der Waals surface area (Å²) in [6.07, 6.45) is 2.34. The Bertz CT molecular complexity index is 749. The quantitative estimate of drug-likeness (QED) is 0.380. The van der Waals surface area contributed by atoms with E-state index in [0.29, 0.717) is 25.6 Å². The lowest BCUT2D eigenvalue weighted by atomic mass is 9.73. The van der Waals surface area contributed by atoms with Gasteiger partial charge in [0.2, 0.25) is 5.91 Å². The molecule has 1 aromatic rings. The van der Waals surface area contributed by atoms with Crippen LogP contribution in [-0.4, -0.2) is 57.7 Å². The lowest BCUT2D eigenvalue weighted by molar-refractivity contribution is -0.120. The predicted octanol–water partition coefficient (Wildman–Crippen LogP) is 2.95. The van der Waals surface area contributed by atoms with Crippen molar-refractivity contribution in [2.45, 2.75) is 39.1 Å². The molecule has 0 radical (unpaired) electrons. The fourth-order valence-electron chi connectivity index (χ4n) is 3.19. The van der Waals surface area contributed by atoms with Gasteiger partial charge in [-0.15, -0.1) is 0 Å². The van der Waals surface area contributed by atoms with Crippen molar-refractivity contribution < 1.29 is 23.3 Å². The van der Waals surface area contributed by atoms with Gasteiger partial charge in [-0.2, -0.15) is 0 Å². The van der Waals surface area contributed by atoms with Crippen molar-refractivity contribution in [2.75, 3.05) is 32.8 Å². The van der Waals surface area contributed by atoms with Crippen molar-refractivity contribution in [3.8, 4) is 0 Å². The van der Waals surface area contributed by atoms with Crippen molar-refractivity contribution in [3.05, 3.63) is 33.0 Å². The molecule has 0 bridgehead atoms. The van der Waals surface area contributed by atoms with Crippen LogP contribution in [0.2, 0.25) is 5.02 Å². The van der Waals surface area contributed by atoms with Crippen molar-refractivity contribution in [2.24, 2.45) is 5.92 Å². The molecular formula is C20H29BBrClFN3O4. The minimum Gasteiger partial charge on any atom is -0.410 e. The van der Waals surface area contributed by atoms with Crippen LogP contribution in [0.15, 0.2) is 16.6 Å². The Labute approximate surface area is 196 Å². The highest BCUT2D eigenvalue weighted by Gasteiger charge is 2.32. The van der Waals surface area contributed by atoms with Crippen molar-refractivity contribution in [1.82, 2.24) is 16.0 Å². The standard InChI is InChI=1S/C20H29BBrClFN3O4/c1-13(2)11-16(21-30-9-3-7-25-8-4-10-31-21)27-17(28)12-26-20(29)18-15(23)6-5-14(22)19(18)24/h5-6,13,16,25H,3-4,7-12H2,1-2H3,(H,26,29)(H,27,28)/t16-/m0/s1. The first-order chi connectivity index (χ1) is 14.8. The molecule has 1 saturated heterocycles. The number of rotatable bonds is 7. The smallest absolute Gasteiger partial charge is 0.410 e. The van der Waals surface area contributed by atoms with E-state index in [9.17, 15) is 14.0 Å². The molecule has 11 heteroatoms. The average Bonchev–Trinajstić information content (AvgIpc) is 2.72. The number of hydrogen-bond donors (Lipinski definition) is 3. The zero-order valence-corrected chi connectivity index (χ0v) is 20.2. The molecule has 1 aromatic carbocycles. The topological polar surface area (TPSA) is 88.7 Å². The van der Waals surface area contributed by atoms with Crippen LogP contribution in [0.25, 0.3) is 0 Å². The highest BCUT2D eigenvalue weighted by Crippen LogP contribution is 2.25. The van der Waals surface area contributed by atoms with Gasteiger partial charge in [0.1, 0.15) is 0 Å². The molecule has 0 aliphatic carbocycles. The number of nitrogens with one attached hydrogen (secondary N) is 3. The number of hydrogen-bond acceptors (Lipinski definition) is 5. The molecule has 0 spiro atoms. The van der Waals surface area contributed by atoms with E-state index in [1.807, 2.05) is 13.8 Å². The Morgan fingerprint density at radius 2 is 1.90 bits per heavy atom. The predicted molar refractivity (Wildman–Crippen MR) is 123 cm³/mol. The van der Waals surface area contributed by atoms with Gasteiger partial charge in [-0.3, -0.25) is 9.59 Å². The summed E-state index contributed by atoms with van der Waals surface area (Å²) < 4.78 is 26.1. The minimum absolute atomic E-state index is 0.0333. The Morgan fingerprint density at radius 3 is 2.52 bits per heavy atom. The third-order valence-electron chi connectivity index (χ3n) is 4.64. The second-order valence-corrected chi connectivity index (χ2v) is 9.03. The SMILES string of the molecule is CC(C)C[C@H](NC(=O)CNC(=O)c1c(Cl)ccc(Br)c1F)B1OCCCNCCCO1. The van der Waals surface area contributed by atoms with E-state index in [1.165, 1.54) is 12.1 Å². The van der Waals surface area contributed by atoms with Gasteiger partial charge in [0, 0.05) is 13.2 Å². The minimum atomic E-state index is -0.777. The normalized spacial score (nSPS) is 16.6. The molecule has 0 unspecified atom stereocenters. The van der Waals surface area contributed by atoms with Crippen LogP contribution in [0.4, 0.5) is 4.39 Å². The molecule has 0 saturated carbocycles. The van der Waals surface area contributed by atoms with Gasteiger partial charge in [-0.1, -0.05) is 25.4 Å². The van der Waals surface area contributed by atoms with Gasteiger partial charge >= 0.3 is 7.12 Å². The van der Waals surface area contributed by atoms with Gasteiger partial charge in [-0.25, -0.2) is 4.39 Å². The summed E-state index contributed by atoms with van der Waals surface area (Å²) in [5.41, 5.74) is -0.310. The molecule has 2 amide bonds. The van der Waals surface area contributed by atoms with Crippen LogP contribution in [0, 0.1) is 11.7 Å². The Morgan fingerprint density at radius 1 is 1.26 bits per heavy atom. The van der Waals surface area contributed by atoms with Gasteiger partial charge < -0.3 is 25.3 Å². The van der Waals surface area contributed by atoms with Crippen molar-refractivity contribution in [1.29, 1.82) is 0 Å². The molecule has 1 heterocycles. The molecule has 172 valence electrons. The van der Waals surface area contributed by atoms with Crippen LogP contribution in [-0.2, 0) is 14.1 Å². The molecule has 7 nitrogen and oxygen atoms in total. The summed E-state index contributed by atoms with van der Waals surface area (Å²) in [4.78, 5) is 24.9. The van der Waals surface area contributed by atoms with E-state index in [1.54, 1.807) is 0 Å². The molecule has 1 aliphatic heterocycles. The van der Waals surface area contributed by atoms with Crippen LogP contribution in [0.5, 0.6) is 0 Å². The van der Waals surface area contributed by atoms with E-state index in [-0.39, 0.29) is 27.5 Å². The number of halogens is 3. The highest BCUT2D eigenvalue weighted by atomic mass is 79.9. The van der Waals surface area contributed by atoms with Crippen molar-refractivity contribution >= 4 is 46.5 Å². The number of carbonyl (C=O) groups excluding carboxylic acids is 2. The van der Waals surface area contributed by atoms with E-state index >= 15 is 0 Å². The second kappa shape index (κ2) is 13.4. The third-order valence-corrected chi connectivity index (χ3v) is 5.57. The average molecular weight is 521 g/mol. The second-order valence-electron chi connectivity index (χ2n) is 7.77. The first kappa shape index (κ1) is 26.1. The Balaban J connectivity index is 1.98. The van der Waals surface area contributed by atoms with Gasteiger partial charge in [0.25, 0.3) is 5.91 Å². The fourth-order valence-corrected chi connectivity index (χ4v) is 3.75. The van der Waals surface area contributed by atoms with Gasteiger partial charge in [0.05, 0.1) is 27.5 Å². The lowest BCUT2D eigenvalue weighted by Gasteiger charge is -2.27. The fraction of sp³-hybridized carbons (Fsp3) is 0.600. The zero-order valence-electron chi connectivity index (χ0n) is 17.8.